The number of nitrogens with zero attached hydrogens (tertiary/aromatic N) is 5. The third kappa shape index (κ3) is 2.81. The molecule has 1 aliphatic rings. The molecule has 2 aromatic rings. The van der Waals surface area contributed by atoms with Crippen LogP contribution in [0.5, 0.6) is 0 Å². The highest BCUT2D eigenvalue weighted by atomic mass is 15.3. The third-order valence-electron chi connectivity index (χ3n) is 4.23. The maximum Gasteiger partial charge on any atom is 0.180 e. The van der Waals surface area contributed by atoms with Gasteiger partial charge in [0.05, 0.1) is 6.20 Å². The predicted octanol–water partition coefficient (Wildman–Crippen LogP) is 1.69. The Morgan fingerprint density at radius 3 is 3.05 bits per heavy atom. The van der Waals surface area contributed by atoms with E-state index in [0.29, 0.717) is 6.04 Å². The van der Waals surface area contributed by atoms with Crippen molar-refractivity contribution in [3.05, 3.63) is 18.6 Å². The van der Waals surface area contributed by atoms with E-state index in [-0.39, 0.29) is 0 Å². The highest BCUT2D eigenvalue weighted by Gasteiger charge is 2.23. The molecule has 3 rings (SSSR count). The Morgan fingerprint density at radius 2 is 2.33 bits per heavy atom. The van der Waals surface area contributed by atoms with E-state index in [1.807, 2.05) is 23.0 Å². The monoisotopic (exact) mass is 288 g/mol. The molecule has 114 valence electrons. The summed E-state index contributed by atoms with van der Waals surface area (Å²) in [5, 5.41) is 3.29. The summed E-state index contributed by atoms with van der Waals surface area (Å²) in [5.41, 5.74) is 0.916. The number of fused-ring (bicyclic) bond motifs is 1. The summed E-state index contributed by atoms with van der Waals surface area (Å²) in [6, 6.07) is 0.606. The molecule has 1 unspecified atom stereocenters. The minimum atomic E-state index is 0.606. The van der Waals surface area contributed by atoms with E-state index in [1.165, 1.54) is 19.4 Å². The zero-order valence-corrected chi connectivity index (χ0v) is 13.1. The molecule has 0 bridgehead atoms. The van der Waals surface area contributed by atoms with Crippen LogP contribution < -0.4 is 10.2 Å². The SMILES string of the molecule is CCNc1cn2ccnc2c(N(C)CC2CCCN2C)n1. The van der Waals surface area contributed by atoms with Crippen molar-refractivity contribution in [3.8, 4) is 0 Å². The Balaban J connectivity index is 1.88. The lowest BCUT2D eigenvalue weighted by Gasteiger charge is -2.27. The van der Waals surface area contributed by atoms with Gasteiger partial charge in [-0.1, -0.05) is 0 Å². The van der Waals surface area contributed by atoms with Crippen LogP contribution in [0.25, 0.3) is 5.65 Å². The van der Waals surface area contributed by atoms with E-state index in [4.69, 9.17) is 4.98 Å². The van der Waals surface area contributed by atoms with E-state index in [1.54, 1.807) is 0 Å². The van der Waals surface area contributed by atoms with Gasteiger partial charge in [0.25, 0.3) is 0 Å². The first-order valence-corrected chi connectivity index (χ1v) is 7.68. The molecule has 1 fully saturated rings. The Bertz CT molecular complexity index is 607. The number of imidazole rings is 1. The summed E-state index contributed by atoms with van der Waals surface area (Å²) < 4.78 is 2.04. The van der Waals surface area contributed by atoms with Crippen molar-refractivity contribution in [2.45, 2.75) is 25.8 Å². The number of likely N-dealkylation sites (tertiary alicyclic amines) is 1. The van der Waals surface area contributed by atoms with Crippen LogP contribution in [0.4, 0.5) is 11.6 Å². The van der Waals surface area contributed by atoms with Gasteiger partial charge in [0.1, 0.15) is 5.82 Å². The summed E-state index contributed by atoms with van der Waals surface area (Å²) >= 11 is 0. The van der Waals surface area contributed by atoms with E-state index in [0.717, 1.165) is 30.4 Å². The molecule has 3 heterocycles. The predicted molar refractivity (Wildman–Crippen MR) is 86.1 cm³/mol. The fourth-order valence-electron chi connectivity index (χ4n) is 3.05. The van der Waals surface area contributed by atoms with Crippen molar-refractivity contribution in [1.82, 2.24) is 19.3 Å². The van der Waals surface area contributed by atoms with Crippen molar-refractivity contribution < 1.29 is 0 Å². The highest BCUT2D eigenvalue weighted by molar-refractivity contribution is 5.66. The molecular formula is C15H24N6. The maximum absolute atomic E-state index is 4.74. The Morgan fingerprint density at radius 1 is 1.48 bits per heavy atom. The molecule has 1 N–H and O–H groups in total. The lowest BCUT2D eigenvalue weighted by molar-refractivity contribution is 0.314. The molecular weight excluding hydrogens is 264 g/mol. The van der Waals surface area contributed by atoms with Gasteiger partial charge < -0.3 is 19.5 Å². The summed E-state index contributed by atoms with van der Waals surface area (Å²) in [7, 11) is 4.32. The summed E-state index contributed by atoms with van der Waals surface area (Å²) in [4.78, 5) is 13.9. The van der Waals surface area contributed by atoms with Crippen molar-refractivity contribution in [1.29, 1.82) is 0 Å². The van der Waals surface area contributed by atoms with Crippen molar-refractivity contribution >= 4 is 17.3 Å². The number of rotatable bonds is 5. The summed E-state index contributed by atoms with van der Waals surface area (Å²) in [6.45, 7) is 5.13. The summed E-state index contributed by atoms with van der Waals surface area (Å²) in [5.74, 6) is 1.84. The molecule has 1 atom stereocenters. The van der Waals surface area contributed by atoms with Gasteiger partial charge in [-0.3, -0.25) is 0 Å². The van der Waals surface area contributed by atoms with E-state index >= 15 is 0 Å². The molecule has 6 heteroatoms. The number of nitrogens with one attached hydrogen (secondary N) is 1. The Hall–Kier alpha value is -1.82. The standard InChI is InChI=1S/C15H24N6/c1-4-16-13-11-21-9-7-17-14(21)15(18-13)20(3)10-12-6-5-8-19(12)2/h7,9,11-12,16H,4-6,8,10H2,1-3H3. The quantitative estimate of drug-likeness (QED) is 0.907. The van der Waals surface area contributed by atoms with Crippen molar-refractivity contribution in [3.63, 3.8) is 0 Å². The minimum Gasteiger partial charge on any atom is -0.369 e. The first kappa shape index (κ1) is 14.1. The van der Waals surface area contributed by atoms with E-state index in [9.17, 15) is 0 Å². The van der Waals surface area contributed by atoms with Gasteiger partial charge in [-0.2, -0.15) is 0 Å². The van der Waals surface area contributed by atoms with Gasteiger partial charge in [0.15, 0.2) is 11.5 Å². The van der Waals surface area contributed by atoms with E-state index < -0.39 is 0 Å². The second kappa shape index (κ2) is 5.89. The molecule has 0 radical (unpaired) electrons. The average molecular weight is 288 g/mol. The lowest BCUT2D eigenvalue weighted by atomic mass is 10.2. The number of aromatic nitrogens is 3. The van der Waals surface area contributed by atoms with Gasteiger partial charge >= 0.3 is 0 Å². The Kier molecular flexibility index (Phi) is 3.96. The first-order valence-electron chi connectivity index (χ1n) is 7.68. The molecule has 1 aliphatic heterocycles. The first-order chi connectivity index (χ1) is 10.2. The fraction of sp³-hybridized carbons (Fsp3) is 0.600. The van der Waals surface area contributed by atoms with Gasteiger partial charge in [-0.05, 0) is 33.4 Å². The lowest BCUT2D eigenvalue weighted by Crippen LogP contribution is -2.37. The number of hydrogen-bond donors (Lipinski definition) is 1. The zero-order valence-electron chi connectivity index (χ0n) is 13.1. The average Bonchev–Trinajstić information content (AvgIpc) is 3.08. The molecule has 21 heavy (non-hydrogen) atoms. The third-order valence-corrected chi connectivity index (χ3v) is 4.23. The van der Waals surface area contributed by atoms with Crippen molar-refractivity contribution in [2.24, 2.45) is 0 Å². The van der Waals surface area contributed by atoms with Crippen LogP contribution >= 0.6 is 0 Å². The molecule has 0 saturated carbocycles. The van der Waals surface area contributed by atoms with Crippen LogP contribution in [0.2, 0.25) is 0 Å². The van der Waals surface area contributed by atoms with E-state index in [2.05, 4.69) is 41.1 Å². The van der Waals surface area contributed by atoms with Crippen LogP contribution in [0.1, 0.15) is 19.8 Å². The van der Waals surface area contributed by atoms with Crippen LogP contribution in [0.15, 0.2) is 18.6 Å². The molecule has 6 nitrogen and oxygen atoms in total. The van der Waals surface area contributed by atoms with Crippen LogP contribution in [-0.4, -0.2) is 59.0 Å². The number of hydrogen-bond acceptors (Lipinski definition) is 5. The Labute approximate surface area is 125 Å². The molecule has 0 amide bonds. The molecule has 0 aliphatic carbocycles. The second-order valence-electron chi connectivity index (χ2n) is 5.80. The van der Waals surface area contributed by atoms with Crippen LogP contribution in [0, 0.1) is 0 Å². The molecule has 0 aromatic carbocycles. The smallest absolute Gasteiger partial charge is 0.180 e. The normalized spacial score (nSPS) is 19.3. The van der Waals surface area contributed by atoms with Crippen LogP contribution in [-0.2, 0) is 0 Å². The van der Waals surface area contributed by atoms with Gasteiger partial charge in [0.2, 0.25) is 0 Å². The second-order valence-corrected chi connectivity index (χ2v) is 5.80. The number of likely N-dealkylation sites (N-methyl/N-ethyl adjacent to an activating group) is 2. The maximum atomic E-state index is 4.74. The van der Waals surface area contributed by atoms with Crippen molar-refractivity contribution in [2.75, 3.05) is 43.9 Å². The molecule has 1 saturated heterocycles. The fourth-order valence-corrected chi connectivity index (χ4v) is 3.05. The number of anilines is 2. The van der Waals surface area contributed by atoms with Gasteiger partial charge in [-0.15, -0.1) is 0 Å². The minimum absolute atomic E-state index is 0.606. The topological polar surface area (TPSA) is 48.7 Å². The summed E-state index contributed by atoms with van der Waals surface area (Å²) in [6.07, 6.45) is 8.34. The largest absolute Gasteiger partial charge is 0.369 e. The van der Waals surface area contributed by atoms with Crippen LogP contribution in [0.3, 0.4) is 0 Å². The van der Waals surface area contributed by atoms with Gasteiger partial charge in [-0.25, -0.2) is 9.97 Å². The highest BCUT2D eigenvalue weighted by Crippen LogP contribution is 2.22. The molecule has 2 aromatic heterocycles. The molecule has 0 spiro atoms. The van der Waals surface area contributed by atoms with Gasteiger partial charge in [0, 0.05) is 38.6 Å². The zero-order chi connectivity index (χ0) is 14.8.